The Bertz CT molecular complexity index is 501. The summed E-state index contributed by atoms with van der Waals surface area (Å²) in [5.74, 6) is 0.505. The van der Waals surface area contributed by atoms with E-state index in [4.69, 9.17) is 16.3 Å². The zero-order valence-corrected chi connectivity index (χ0v) is 11.2. The van der Waals surface area contributed by atoms with Crippen molar-refractivity contribution in [2.45, 2.75) is 18.9 Å². The Labute approximate surface area is 116 Å². The van der Waals surface area contributed by atoms with Gasteiger partial charge in [0.1, 0.15) is 5.75 Å². The van der Waals surface area contributed by atoms with Crippen LogP contribution in [0.25, 0.3) is 0 Å². The van der Waals surface area contributed by atoms with Crippen LogP contribution in [0.1, 0.15) is 12.8 Å². The highest BCUT2D eigenvalue weighted by molar-refractivity contribution is 6.33. The molecule has 1 fully saturated rings. The molecular weight excluding hydrogens is 266 g/mol. The molecule has 2 aliphatic rings. The fourth-order valence-corrected chi connectivity index (χ4v) is 2.63. The SMILES string of the molecule is O=C1COc2cc(NCC3CCCN3)c(Cl)cc2N1. The van der Waals surface area contributed by atoms with Gasteiger partial charge < -0.3 is 20.7 Å². The van der Waals surface area contributed by atoms with E-state index in [0.717, 1.165) is 18.8 Å². The molecule has 0 bridgehead atoms. The van der Waals surface area contributed by atoms with Gasteiger partial charge in [0, 0.05) is 18.7 Å². The van der Waals surface area contributed by atoms with Gasteiger partial charge in [-0.05, 0) is 25.5 Å². The lowest BCUT2D eigenvalue weighted by Gasteiger charge is -2.20. The van der Waals surface area contributed by atoms with E-state index in [1.165, 1.54) is 12.8 Å². The predicted octanol–water partition coefficient (Wildman–Crippen LogP) is 1.83. The van der Waals surface area contributed by atoms with Crippen LogP contribution in [0.15, 0.2) is 12.1 Å². The lowest BCUT2D eigenvalue weighted by Crippen LogP contribution is -2.29. The minimum atomic E-state index is -0.153. The van der Waals surface area contributed by atoms with Crippen molar-refractivity contribution in [3.63, 3.8) is 0 Å². The average molecular weight is 282 g/mol. The average Bonchev–Trinajstić information content (AvgIpc) is 2.89. The molecule has 1 saturated heterocycles. The summed E-state index contributed by atoms with van der Waals surface area (Å²) in [5, 5.41) is 10.1. The third kappa shape index (κ3) is 2.77. The highest BCUT2D eigenvalue weighted by atomic mass is 35.5. The van der Waals surface area contributed by atoms with Gasteiger partial charge in [0.15, 0.2) is 6.61 Å². The van der Waals surface area contributed by atoms with Crippen molar-refractivity contribution in [2.75, 3.05) is 30.3 Å². The molecule has 1 amide bonds. The molecule has 1 aromatic carbocycles. The van der Waals surface area contributed by atoms with Crippen molar-refractivity contribution in [1.82, 2.24) is 5.32 Å². The molecule has 3 rings (SSSR count). The van der Waals surface area contributed by atoms with E-state index in [0.29, 0.717) is 22.5 Å². The molecule has 1 aromatic rings. The maximum atomic E-state index is 11.2. The van der Waals surface area contributed by atoms with E-state index in [2.05, 4.69) is 16.0 Å². The molecule has 5 nitrogen and oxygen atoms in total. The van der Waals surface area contributed by atoms with E-state index >= 15 is 0 Å². The number of carbonyl (C=O) groups excluding carboxylic acids is 1. The fourth-order valence-electron chi connectivity index (χ4n) is 2.40. The normalized spacial score (nSPS) is 21.5. The number of amides is 1. The minimum absolute atomic E-state index is 0.0538. The van der Waals surface area contributed by atoms with Crippen molar-refractivity contribution in [2.24, 2.45) is 0 Å². The summed E-state index contributed by atoms with van der Waals surface area (Å²) in [6.07, 6.45) is 2.40. The summed E-state index contributed by atoms with van der Waals surface area (Å²) in [5.41, 5.74) is 1.47. The number of benzene rings is 1. The second-order valence-electron chi connectivity index (χ2n) is 4.84. The third-order valence-electron chi connectivity index (χ3n) is 3.40. The predicted molar refractivity (Wildman–Crippen MR) is 75.1 cm³/mol. The monoisotopic (exact) mass is 281 g/mol. The van der Waals surface area contributed by atoms with Crippen LogP contribution >= 0.6 is 11.6 Å². The van der Waals surface area contributed by atoms with Crippen molar-refractivity contribution in [3.05, 3.63) is 17.2 Å². The van der Waals surface area contributed by atoms with E-state index in [1.807, 2.05) is 6.07 Å². The van der Waals surface area contributed by atoms with Crippen molar-refractivity contribution >= 4 is 28.9 Å². The largest absolute Gasteiger partial charge is 0.482 e. The first-order chi connectivity index (χ1) is 9.22. The Morgan fingerprint density at radius 1 is 1.47 bits per heavy atom. The molecule has 0 saturated carbocycles. The summed E-state index contributed by atoms with van der Waals surface area (Å²) < 4.78 is 5.38. The van der Waals surface area contributed by atoms with Crippen LogP contribution in [-0.4, -0.2) is 31.6 Å². The molecular formula is C13H16ClN3O2. The van der Waals surface area contributed by atoms with Gasteiger partial charge in [-0.15, -0.1) is 0 Å². The van der Waals surface area contributed by atoms with Crippen LogP contribution in [0.4, 0.5) is 11.4 Å². The summed E-state index contributed by atoms with van der Waals surface area (Å²) >= 11 is 6.20. The van der Waals surface area contributed by atoms with E-state index < -0.39 is 0 Å². The number of halogens is 1. The number of rotatable bonds is 3. The fraction of sp³-hybridized carbons (Fsp3) is 0.462. The molecule has 0 aromatic heterocycles. The zero-order valence-electron chi connectivity index (χ0n) is 10.5. The second kappa shape index (κ2) is 5.27. The van der Waals surface area contributed by atoms with Crippen molar-refractivity contribution < 1.29 is 9.53 Å². The summed E-state index contributed by atoms with van der Waals surface area (Å²) in [7, 11) is 0. The lowest BCUT2D eigenvalue weighted by molar-refractivity contribution is -0.118. The van der Waals surface area contributed by atoms with Gasteiger partial charge in [0.25, 0.3) is 5.91 Å². The number of hydrogen-bond donors (Lipinski definition) is 3. The topological polar surface area (TPSA) is 62.4 Å². The Morgan fingerprint density at radius 2 is 2.37 bits per heavy atom. The van der Waals surface area contributed by atoms with E-state index in [-0.39, 0.29) is 12.5 Å². The molecule has 6 heteroatoms. The van der Waals surface area contributed by atoms with Gasteiger partial charge in [0.2, 0.25) is 0 Å². The van der Waals surface area contributed by atoms with Gasteiger partial charge in [-0.2, -0.15) is 0 Å². The molecule has 3 N–H and O–H groups in total. The number of anilines is 2. The molecule has 1 unspecified atom stereocenters. The zero-order chi connectivity index (χ0) is 13.2. The van der Waals surface area contributed by atoms with Crippen LogP contribution in [0.3, 0.4) is 0 Å². The highest BCUT2D eigenvalue weighted by Gasteiger charge is 2.19. The van der Waals surface area contributed by atoms with Crippen LogP contribution in [0, 0.1) is 0 Å². The van der Waals surface area contributed by atoms with Crippen molar-refractivity contribution in [3.8, 4) is 5.75 Å². The Balaban J connectivity index is 1.72. The van der Waals surface area contributed by atoms with E-state index in [9.17, 15) is 4.79 Å². The number of ether oxygens (including phenoxy) is 1. The highest BCUT2D eigenvalue weighted by Crippen LogP contribution is 2.36. The minimum Gasteiger partial charge on any atom is -0.482 e. The number of nitrogens with one attached hydrogen (secondary N) is 3. The molecule has 102 valence electrons. The van der Waals surface area contributed by atoms with Gasteiger partial charge in [-0.1, -0.05) is 11.6 Å². The first-order valence-electron chi connectivity index (χ1n) is 6.46. The van der Waals surface area contributed by atoms with Crippen LogP contribution in [-0.2, 0) is 4.79 Å². The maximum Gasteiger partial charge on any atom is 0.262 e. The smallest absolute Gasteiger partial charge is 0.262 e. The Kier molecular flexibility index (Phi) is 3.48. The van der Waals surface area contributed by atoms with Gasteiger partial charge >= 0.3 is 0 Å². The molecule has 1 atom stereocenters. The van der Waals surface area contributed by atoms with Crippen LogP contribution in [0.5, 0.6) is 5.75 Å². The van der Waals surface area contributed by atoms with E-state index in [1.54, 1.807) is 6.07 Å². The molecule has 2 aliphatic heterocycles. The van der Waals surface area contributed by atoms with Gasteiger partial charge in [-0.25, -0.2) is 0 Å². The third-order valence-corrected chi connectivity index (χ3v) is 3.72. The van der Waals surface area contributed by atoms with Gasteiger partial charge in [-0.3, -0.25) is 4.79 Å². The van der Waals surface area contributed by atoms with Gasteiger partial charge in [0.05, 0.1) is 16.4 Å². The second-order valence-corrected chi connectivity index (χ2v) is 5.25. The first kappa shape index (κ1) is 12.6. The molecule has 0 aliphatic carbocycles. The Morgan fingerprint density at radius 3 is 3.16 bits per heavy atom. The van der Waals surface area contributed by atoms with Crippen molar-refractivity contribution in [1.29, 1.82) is 0 Å². The first-order valence-corrected chi connectivity index (χ1v) is 6.83. The summed E-state index contributed by atoms with van der Waals surface area (Å²) in [6.45, 7) is 1.97. The molecule has 0 radical (unpaired) electrons. The quantitative estimate of drug-likeness (QED) is 0.791. The maximum absolute atomic E-state index is 11.2. The molecule has 19 heavy (non-hydrogen) atoms. The molecule has 0 spiro atoms. The summed E-state index contributed by atoms with van der Waals surface area (Å²) in [6, 6.07) is 4.05. The standard InChI is InChI=1S/C13H16ClN3O2/c14-9-4-11-12(19-7-13(18)17-11)5-10(9)16-6-8-2-1-3-15-8/h4-5,8,15-16H,1-3,6-7H2,(H,17,18). The summed E-state index contributed by atoms with van der Waals surface area (Å²) in [4.78, 5) is 11.2. The molecule has 2 heterocycles. The number of hydrogen-bond acceptors (Lipinski definition) is 4. The number of fused-ring (bicyclic) bond motifs is 1. The van der Waals surface area contributed by atoms with Crippen LogP contribution < -0.4 is 20.7 Å². The van der Waals surface area contributed by atoms with Crippen LogP contribution in [0.2, 0.25) is 5.02 Å². The number of carbonyl (C=O) groups is 1. The Hall–Kier alpha value is -1.46. The lowest BCUT2D eigenvalue weighted by atomic mass is 10.2.